The normalized spacial score (nSPS) is 12.5. The number of ketones is 1. The summed E-state index contributed by atoms with van der Waals surface area (Å²) in [7, 11) is 0. The van der Waals surface area contributed by atoms with Crippen LogP contribution in [0.5, 0.6) is 0 Å². The molecule has 1 aromatic rings. The molecule has 0 aliphatic carbocycles. The number of nitrogens with zero attached hydrogens (tertiary/aromatic N) is 1. The summed E-state index contributed by atoms with van der Waals surface area (Å²) in [5.74, 6) is -0.0610. The van der Waals surface area contributed by atoms with Gasteiger partial charge in [-0.15, -0.1) is 11.6 Å². The topological polar surface area (TPSA) is 30.0 Å². The zero-order valence-corrected chi connectivity index (χ0v) is 6.88. The van der Waals surface area contributed by atoms with E-state index in [2.05, 4.69) is 4.98 Å². The van der Waals surface area contributed by atoms with Gasteiger partial charge in [-0.05, 0) is 19.1 Å². The molecule has 0 aromatic carbocycles. The largest absolute Gasteiger partial charge is 0.293 e. The molecule has 1 heterocycles. The maximum atomic E-state index is 11.2. The minimum atomic E-state index is -0.461. The fourth-order valence-corrected chi connectivity index (χ4v) is 0.872. The minimum absolute atomic E-state index is 0.0610. The van der Waals surface area contributed by atoms with Crippen LogP contribution in [0.2, 0.25) is 0 Å². The number of carbonyl (C=O) groups is 1. The average Bonchev–Trinajstić information content (AvgIpc) is 2.05. The molecular formula is C8H8ClNO. The van der Waals surface area contributed by atoms with E-state index in [4.69, 9.17) is 11.6 Å². The molecule has 0 fully saturated rings. The molecule has 0 saturated carbocycles. The highest BCUT2D eigenvalue weighted by Crippen LogP contribution is 2.05. The lowest BCUT2D eigenvalue weighted by molar-refractivity contribution is 0.0991. The molecule has 0 amide bonds. The first-order valence-corrected chi connectivity index (χ1v) is 3.74. The van der Waals surface area contributed by atoms with Crippen LogP contribution in [-0.4, -0.2) is 16.1 Å². The molecule has 11 heavy (non-hydrogen) atoms. The van der Waals surface area contributed by atoms with Gasteiger partial charge in [0.25, 0.3) is 0 Å². The van der Waals surface area contributed by atoms with Crippen LogP contribution in [0, 0.1) is 0 Å². The number of alkyl halides is 1. The maximum absolute atomic E-state index is 11.2. The van der Waals surface area contributed by atoms with Crippen molar-refractivity contribution in [1.82, 2.24) is 4.98 Å². The first-order chi connectivity index (χ1) is 5.22. The predicted molar refractivity (Wildman–Crippen MR) is 43.9 cm³/mol. The van der Waals surface area contributed by atoms with E-state index in [9.17, 15) is 4.79 Å². The molecule has 1 aromatic heterocycles. The standard InChI is InChI=1S/C8H8ClNO/c1-6(9)8(11)7-2-4-10-5-3-7/h2-6H,1H3. The molecule has 1 unspecified atom stereocenters. The number of hydrogen-bond donors (Lipinski definition) is 0. The Kier molecular flexibility index (Phi) is 2.60. The van der Waals surface area contributed by atoms with Crippen LogP contribution in [0.1, 0.15) is 17.3 Å². The van der Waals surface area contributed by atoms with Crippen molar-refractivity contribution >= 4 is 17.4 Å². The van der Waals surface area contributed by atoms with Crippen molar-refractivity contribution in [1.29, 1.82) is 0 Å². The fourth-order valence-electron chi connectivity index (χ4n) is 0.746. The second-order valence-electron chi connectivity index (χ2n) is 2.22. The summed E-state index contributed by atoms with van der Waals surface area (Å²) in [5, 5.41) is -0.461. The first-order valence-electron chi connectivity index (χ1n) is 3.30. The number of Topliss-reactive ketones (excluding diaryl/α,β-unsaturated/α-hetero) is 1. The van der Waals surface area contributed by atoms with E-state index in [0.717, 1.165) is 0 Å². The number of pyridine rings is 1. The van der Waals surface area contributed by atoms with Crippen molar-refractivity contribution in [3.8, 4) is 0 Å². The molecule has 3 heteroatoms. The van der Waals surface area contributed by atoms with Gasteiger partial charge in [0.1, 0.15) is 0 Å². The van der Waals surface area contributed by atoms with Gasteiger partial charge in [0.15, 0.2) is 5.78 Å². The highest BCUT2D eigenvalue weighted by molar-refractivity contribution is 6.33. The lowest BCUT2D eigenvalue weighted by Gasteiger charge is -1.99. The third-order valence-corrected chi connectivity index (χ3v) is 1.52. The van der Waals surface area contributed by atoms with E-state index in [0.29, 0.717) is 5.56 Å². The summed E-state index contributed by atoms with van der Waals surface area (Å²) in [6.07, 6.45) is 3.15. The van der Waals surface area contributed by atoms with Crippen molar-refractivity contribution in [2.45, 2.75) is 12.3 Å². The van der Waals surface area contributed by atoms with Crippen molar-refractivity contribution in [2.75, 3.05) is 0 Å². The Hall–Kier alpha value is -0.890. The van der Waals surface area contributed by atoms with Gasteiger partial charge >= 0.3 is 0 Å². The number of hydrogen-bond acceptors (Lipinski definition) is 2. The molecule has 58 valence electrons. The van der Waals surface area contributed by atoms with Crippen LogP contribution >= 0.6 is 11.6 Å². The van der Waals surface area contributed by atoms with Crippen molar-refractivity contribution < 1.29 is 4.79 Å². The predicted octanol–water partition coefficient (Wildman–Crippen LogP) is 1.89. The Morgan fingerprint density at radius 1 is 1.55 bits per heavy atom. The van der Waals surface area contributed by atoms with Crippen LogP contribution in [0.15, 0.2) is 24.5 Å². The molecule has 0 aliphatic rings. The molecule has 2 nitrogen and oxygen atoms in total. The summed E-state index contributed by atoms with van der Waals surface area (Å²) in [6.45, 7) is 1.66. The van der Waals surface area contributed by atoms with Gasteiger partial charge in [-0.25, -0.2) is 0 Å². The van der Waals surface area contributed by atoms with Gasteiger partial charge in [0.05, 0.1) is 5.38 Å². The highest BCUT2D eigenvalue weighted by Gasteiger charge is 2.10. The Morgan fingerprint density at radius 3 is 2.55 bits per heavy atom. The quantitative estimate of drug-likeness (QED) is 0.500. The molecule has 0 saturated heterocycles. The van der Waals surface area contributed by atoms with Crippen LogP contribution < -0.4 is 0 Å². The first kappa shape index (κ1) is 8.21. The summed E-state index contributed by atoms with van der Waals surface area (Å²) in [6, 6.07) is 3.31. The maximum Gasteiger partial charge on any atom is 0.180 e. The van der Waals surface area contributed by atoms with Crippen LogP contribution in [0.25, 0.3) is 0 Å². The molecule has 0 radical (unpaired) electrons. The van der Waals surface area contributed by atoms with E-state index in [1.807, 2.05) is 0 Å². The molecular weight excluding hydrogens is 162 g/mol. The van der Waals surface area contributed by atoms with E-state index in [1.165, 1.54) is 0 Å². The summed E-state index contributed by atoms with van der Waals surface area (Å²) in [4.78, 5) is 15.0. The van der Waals surface area contributed by atoms with E-state index < -0.39 is 5.38 Å². The average molecular weight is 170 g/mol. The van der Waals surface area contributed by atoms with Gasteiger partial charge in [-0.2, -0.15) is 0 Å². The van der Waals surface area contributed by atoms with E-state index in [1.54, 1.807) is 31.5 Å². The lowest BCUT2D eigenvalue weighted by atomic mass is 10.1. The van der Waals surface area contributed by atoms with Crippen LogP contribution in [0.3, 0.4) is 0 Å². The highest BCUT2D eigenvalue weighted by atomic mass is 35.5. The molecule has 0 spiro atoms. The molecule has 0 aliphatic heterocycles. The van der Waals surface area contributed by atoms with E-state index in [-0.39, 0.29) is 5.78 Å². The Labute approximate surface area is 70.2 Å². The van der Waals surface area contributed by atoms with Crippen molar-refractivity contribution in [3.63, 3.8) is 0 Å². The Morgan fingerprint density at radius 2 is 2.09 bits per heavy atom. The summed E-state index contributed by atoms with van der Waals surface area (Å²) < 4.78 is 0. The third-order valence-electron chi connectivity index (χ3n) is 1.33. The zero-order chi connectivity index (χ0) is 8.27. The van der Waals surface area contributed by atoms with Crippen LogP contribution in [-0.2, 0) is 0 Å². The van der Waals surface area contributed by atoms with Crippen molar-refractivity contribution in [3.05, 3.63) is 30.1 Å². The van der Waals surface area contributed by atoms with E-state index >= 15 is 0 Å². The molecule has 1 atom stereocenters. The van der Waals surface area contributed by atoms with Gasteiger partial charge in [0, 0.05) is 18.0 Å². The molecule has 1 rings (SSSR count). The minimum Gasteiger partial charge on any atom is -0.293 e. The SMILES string of the molecule is CC(Cl)C(=O)c1ccncc1. The van der Waals surface area contributed by atoms with Crippen molar-refractivity contribution in [2.24, 2.45) is 0 Å². The Bertz CT molecular complexity index is 246. The number of rotatable bonds is 2. The van der Waals surface area contributed by atoms with Gasteiger partial charge < -0.3 is 0 Å². The lowest BCUT2D eigenvalue weighted by Crippen LogP contribution is -2.09. The molecule has 0 N–H and O–H groups in total. The number of carbonyl (C=O) groups excluding carboxylic acids is 1. The second kappa shape index (κ2) is 3.49. The number of halogens is 1. The fraction of sp³-hybridized carbons (Fsp3) is 0.250. The summed E-state index contributed by atoms with van der Waals surface area (Å²) >= 11 is 5.59. The third kappa shape index (κ3) is 2.02. The molecule has 0 bridgehead atoms. The van der Waals surface area contributed by atoms with Gasteiger partial charge in [-0.3, -0.25) is 9.78 Å². The van der Waals surface area contributed by atoms with Gasteiger partial charge in [-0.1, -0.05) is 0 Å². The Balaban J connectivity index is 2.86. The smallest absolute Gasteiger partial charge is 0.180 e. The number of aromatic nitrogens is 1. The zero-order valence-electron chi connectivity index (χ0n) is 6.12. The second-order valence-corrected chi connectivity index (χ2v) is 2.87. The van der Waals surface area contributed by atoms with Crippen LogP contribution in [0.4, 0.5) is 0 Å². The van der Waals surface area contributed by atoms with Gasteiger partial charge in [0.2, 0.25) is 0 Å². The summed E-state index contributed by atoms with van der Waals surface area (Å²) in [5.41, 5.74) is 0.613. The monoisotopic (exact) mass is 169 g/mol.